The summed E-state index contributed by atoms with van der Waals surface area (Å²) in [6.45, 7) is 7.72. The lowest BCUT2D eigenvalue weighted by atomic mass is 10.1. The molecule has 0 aromatic heterocycles. The van der Waals surface area contributed by atoms with Gasteiger partial charge in [-0.25, -0.2) is 0 Å². The molecule has 0 aliphatic heterocycles. The highest BCUT2D eigenvalue weighted by atomic mass is 16.6. The highest BCUT2D eigenvalue weighted by molar-refractivity contribution is 5.99. The maximum atomic E-state index is 12.6. The third-order valence-corrected chi connectivity index (χ3v) is 3.26. The summed E-state index contributed by atoms with van der Waals surface area (Å²) in [5.74, 6) is -0.280. The van der Waals surface area contributed by atoms with Gasteiger partial charge in [0.05, 0.1) is 4.92 Å². The number of nitrogens with zero attached hydrogens (tertiary/aromatic N) is 2. The van der Waals surface area contributed by atoms with E-state index in [-0.39, 0.29) is 17.2 Å². The van der Waals surface area contributed by atoms with Crippen LogP contribution in [-0.4, -0.2) is 35.4 Å². The summed E-state index contributed by atoms with van der Waals surface area (Å²) < 4.78 is 0. The lowest BCUT2D eigenvalue weighted by Gasteiger charge is -2.21. The number of carbonyl (C=O) groups excluding carboxylic acids is 1. The van der Waals surface area contributed by atoms with Gasteiger partial charge in [-0.3, -0.25) is 14.9 Å². The van der Waals surface area contributed by atoms with Crippen LogP contribution in [0.5, 0.6) is 0 Å². The Bertz CT molecular complexity index is 503. The molecule has 0 fully saturated rings. The Morgan fingerprint density at radius 1 is 1.33 bits per heavy atom. The van der Waals surface area contributed by atoms with Crippen molar-refractivity contribution >= 4 is 17.3 Å². The second kappa shape index (κ2) is 8.24. The molecule has 0 bridgehead atoms. The molecule has 0 spiro atoms. The standard InChI is InChI=1S/C15H23N3O3/c1-4-7-10-17(6-3)15(19)13-11-12(16-5-2)8-9-14(13)18(20)21/h8-9,11,16H,4-7,10H2,1-3H3. The Labute approximate surface area is 125 Å². The molecule has 0 atom stereocenters. The summed E-state index contributed by atoms with van der Waals surface area (Å²) >= 11 is 0. The van der Waals surface area contributed by atoms with Crippen molar-refractivity contribution in [3.8, 4) is 0 Å². The Morgan fingerprint density at radius 3 is 2.57 bits per heavy atom. The van der Waals surface area contributed by atoms with Gasteiger partial charge in [0.2, 0.25) is 0 Å². The molecule has 1 rings (SSSR count). The maximum Gasteiger partial charge on any atom is 0.282 e. The number of carbonyl (C=O) groups is 1. The predicted molar refractivity (Wildman–Crippen MR) is 83.7 cm³/mol. The molecule has 0 saturated carbocycles. The number of amides is 1. The van der Waals surface area contributed by atoms with Crippen LogP contribution >= 0.6 is 0 Å². The van der Waals surface area contributed by atoms with Crippen molar-refractivity contribution in [1.29, 1.82) is 0 Å². The topological polar surface area (TPSA) is 75.5 Å². The number of anilines is 1. The molecule has 6 heteroatoms. The summed E-state index contributed by atoms with van der Waals surface area (Å²) in [5, 5.41) is 14.2. The van der Waals surface area contributed by atoms with Crippen molar-refractivity contribution in [2.45, 2.75) is 33.6 Å². The second-order valence-corrected chi connectivity index (χ2v) is 4.76. The third-order valence-electron chi connectivity index (χ3n) is 3.26. The van der Waals surface area contributed by atoms with E-state index in [1.807, 2.05) is 20.8 Å². The van der Waals surface area contributed by atoms with E-state index in [9.17, 15) is 14.9 Å². The molecule has 116 valence electrons. The number of unbranched alkanes of at least 4 members (excludes halogenated alkanes) is 1. The van der Waals surface area contributed by atoms with Crippen LogP contribution in [0.15, 0.2) is 18.2 Å². The summed E-state index contributed by atoms with van der Waals surface area (Å²) in [5.41, 5.74) is 0.728. The van der Waals surface area contributed by atoms with E-state index in [0.717, 1.165) is 18.5 Å². The van der Waals surface area contributed by atoms with Crippen molar-refractivity contribution in [2.24, 2.45) is 0 Å². The zero-order valence-electron chi connectivity index (χ0n) is 12.9. The predicted octanol–water partition coefficient (Wildman–Crippen LogP) is 3.29. The van der Waals surface area contributed by atoms with Crippen LogP contribution in [0, 0.1) is 10.1 Å². The van der Waals surface area contributed by atoms with E-state index >= 15 is 0 Å². The molecule has 0 unspecified atom stereocenters. The number of nitro benzene ring substituents is 1. The number of hydrogen-bond acceptors (Lipinski definition) is 4. The van der Waals surface area contributed by atoms with Crippen molar-refractivity contribution in [3.05, 3.63) is 33.9 Å². The van der Waals surface area contributed by atoms with Gasteiger partial charge in [0, 0.05) is 31.4 Å². The summed E-state index contributed by atoms with van der Waals surface area (Å²) in [4.78, 5) is 24.8. The van der Waals surface area contributed by atoms with Gasteiger partial charge in [-0.1, -0.05) is 13.3 Å². The van der Waals surface area contributed by atoms with Crippen molar-refractivity contribution < 1.29 is 9.72 Å². The molecule has 0 heterocycles. The number of nitro groups is 1. The first-order chi connectivity index (χ1) is 10.0. The van der Waals surface area contributed by atoms with Crippen LogP contribution in [-0.2, 0) is 0 Å². The summed E-state index contributed by atoms with van der Waals surface area (Å²) in [6.07, 6.45) is 1.86. The van der Waals surface area contributed by atoms with Crippen molar-refractivity contribution in [1.82, 2.24) is 4.90 Å². The van der Waals surface area contributed by atoms with Crippen LogP contribution in [0.1, 0.15) is 44.0 Å². The maximum absolute atomic E-state index is 12.6. The minimum Gasteiger partial charge on any atom is -0.385 e. The minimum absolute atomic E-state index is 0.142. The molecular weight excluding hydrogens is 270 g/mol. The average molecular weight is 293 g/mol. The van der Waals surface area contributed by atoms with E-state index in [1.54, 1.807) is 17.0 Å². The van der Waals surface area contributed by atoms with Crippen LogP contribution in [0.4, 0.5) is 11.4 Å². The average Bonchev–Trinajstić information content (AvgIpc) is 2.47. The summed E-state index contributed by atoms with van der Waals surface area (Å²) in [7, 11) is 0. The van der Waals surface area contributed by atoms with Crippen molar-refractivity contribution in [2.75, 3.05) is 25.0 Å². The molecule has 0 aliphatic rings. The van der Waals surface area contributed by atoms with E-state index in [1.165, 1.54) is 6.07 Å². The van der Waals surface area contributed by atoms with E-state index in [2.05, 4.69) is 5.32 Å². The number of rotatable bonds is 8. The third kappa shape index (κ3) is 4.44. The van der Waals surface area contributed by atoms with Crippen LogP contribution in [0.3, 0.4) is 0 Å². The second-order valence-electron chi connectivity index (χ2n) is 4.76. The lowest BCUT2D eigenvalue weighted by Crippen LogP contribution is -2.32. The number of hydrogen-bond donors (Lipinski definition) is 1. The molecule has 21 heavy (non-hydrogen) atoms. The van der Waals surface area contributed by atoms with Gasteiger partial charge in [0.15, 0.2) is 0 Å². The van der Waals surface area contributed by atoms with Gasteiger partial charge in [0.1, 0.15) is 5.56 Å². The van der Waals surface area contributed by atoms with E-state index in [4.69, 9.17) is 0 Å². The molecule has 0 aliphatic carbocycles. The quantitative estimate of drug-likeness (QED) is 0.589. The number of nitrogens with one attached hydrogen (secondary N) is 1. The first-order valence-electron chi connectivity index (χ1n) is 7.36. The monoisotopic (exact) mass is 293 g/mol. The van der Waals surface area contributed by atoms with E-state index in [0.29, 0.717) is 19.6 Å². The Morgan fingerprint density at radius 2 is 2.05 bits per heavy atom. The van der Waals surface area contributed by atoms with Gasteiger partial charge in [-0.2, -0.15) is 0 Å². The van der Waals surface area contributed by atoms with Crippen LogP contribution < -0.4 is 5.32 Å². The molecule has 6 nitrogen and oxygen atoms in total. The molecule has 1 N–H and O–H groups in total. The fourth-order valence-corrected chi connectivity index (χ4v) is 2.10. The molecule has 1 amide bonds. The fraction of sp³-hybridized carbons (Fsp3) is 0.533. The largest absolute Gasteiger partial charge is 0.385 e. The highest BCUT2D eigenvalue weighted by Crippen LogP contribution is 2.24. The molecular formula is C15H23N3O3. The van der Waals surface area contributed by atoms with Gasteiger partial charge in [0.25, 0.3) is 11.6 Å². The smallest absolute Gasteiger partial charge is 0.282 e. The molecule has 0 saturated heterocycles. The Hall–Kier alpha value is -2.11. The molecule has 1 aromatic carbocycles. The normalized spacial score (nSPS) is 10.2. The van der Waals surface area contributed by atoms with Crippen molar-refractivity contribution in [3.63, 3.8) is 0 Å². The first-order valence-corrected chi connectivity index (χ1v) is 7.36. The number of benzene rings is 1. The Kier molecular flexibility index (Phi) is 6.65. The minimum atomic E-state index is -0.503. The lowest BCUT2D eigenvalue weighted by molar-refractivity contribution is -0.385. The molecule has 0 radical (unpaired) electrons. The zero-order valence-corrected chi connectivity index (χ0v) is 12.9. The van der Waals surface area contributed by atoms with Gasteiger partial charge in [-0.15, -0.1) is 0 Å². The SMILES string of the molecule is CCCCN(CC)C(=O)c1cc(NCC)ccc1[N+](=O)[O-]. The van der Waals surface area contributed by atoms with Gasteiger partial charge < -0.3 is 10.2 Å². The first kappa shape index (κ1) is 16.9. The highest BCUT2D eigenvalue weighted by Gasteiger charge is 2.24. The molecule has 1 aromatic rings. The van der Waals surface area contributed by atoms with Crippen LogP contribution in [0.25, 0.3) is 0 Å². The summed E-state index contributed by atoms with van der Waals surface area (Å²) in [6, 6.07) is 4.58. The zero-order chi connectivity index (χ0) is 15.8. The van der Waals surface area contributed by atoms with E-state index < -0.39 is 4.92 Å². The van der Waals surface area contributed by atoms with Gasteiger partial charge >= 0.3 is 0 Å². The fourth-order valence-electron chi connectivity index (χ4n) is 2.10. The van der Waals surface area contributed by atoms with Gasteiger partial charge in [-0.05, 0) is 32.4 Å². The Balaban J connectivity index is 3.13. The van der Waals surface area contributed by atoms with Crippen LogP contribution in [0.2, 0.25) is 0 Å².